The zero-order chi connectivity index (χ0) is 9.26. The van der Waals surface area contributed by atoms with Crippen molar-refractivity contribution in [1.82, 2.24) is 10.2 Å². The molecule has 2 rings (SSSR count). The van der Waals surface area contributed by atoms with Crippen LogP contribution in [0.2, 0.25) is 0 Å². The van der Waals surface area contributed by atoms with Gasteiger partial charge in [0.15, 0.2) is 0 Å². The van der Waals surface area contributed by atoms with Crippen molar-refractivity contribution in [1.29, 1.82) is 0 Å². The van der Waals surface area contributed by atoms with Crippen LogP contribution in [0.4, 0.5) is 0 Å². The summed E-state index contributed by atoms with van der Waals surface area (Å²) < 4.78 is 5.48. The number of hydrogen-bond donors (Lipinski definition) is 1. The van der Waals surface area contributed by atoms with Crippen LogP contribution in [0.5, 0.6) is 0 Å². The SMILES string of the molecule is CC(=O)NCCN1CC2CC1CO2. The first-order valence-electron chi connectivity index (χ1n) is 4.86. The lowest BCUT2D eigenvalue weighted by molar-refractivity contribution is -0.119. The van der Waals surface area contributed by atoms with Gasteiger partial charge < -0.3 is 10.1 Å². The number of carbonyl (C=O) groups is 1. The number of carbonyl (C=O) groups excluding carboxylic acids is 1. The average molecular weight is 184 g/mol. The van der Waals surface area contributed by atoms with E-state index in [0.717, 1.165) is 26.2 Å². The molecule has 1 N–H and O–H groups in total. The maximum atomic E-state index is 10.6. The molecule has 2 saturated heterocycles. The van der Waals surface area contributed by atoms with Gasteiger partial charge in [-0.15, -0.1) is 0 Å². The fourth-order valence-corrected chi connectivity index (χ4v) is 2.13. The van der Waals surface area contributed by atoms with E-state index < -0.39 is 0 Å². The molecule has 0 saturated carbocycles. The molecule has 0 aromatic carbocycles. The molecule has 13 heavy (non-hydrogen) atoms. The maximum Gasteiger partial charge on any atom is 0.216 e. The van der Waals surface area contributed by atoms with Gasteiger partial charge in [0.05, 0.1) is 12.7 Å². The van der Waals surface area contributed by atoms with E-state index >= 15 is 0 Å². The topological polar surface area (TPSA) is 41.6 Å². The molecule has 0 aromatic rings. The number of likely N-dealkylation sites (tertiary alicyclic amines) is 1. The number of morpholine rings is 1. The Bertz CT molecular complexity index is 208. The molecule has 4 nitrogen and oxygen atoms in total. The van der Waals surface area contributed by atoms with Gasteiger partial charge in [-0.1, -0.05) is 0 Å². The normalized spacial score (nSPS) is 32.4. The van der Waals surface area contributed by atoms with Crippen LogP contribution in [0.3, 0.4) is 0 Å². The van der Waals surface area contributed by atoms with Crippen molar-refractivity contribution in [2.45, 2.75) is 25.5 Å². The van der Waals surface area contributed by atoms with Gasteiger partial charge in [-0.3, -0.25) is 9.69 Å². The fraction of sp³-hybridized carbons (Fsp3) is 0.889. The third kappa shape index (κ3) is 2.00. The lowest BCUT2D eigenvalue weighted by atomic mass is 10.2. The zero-order valence-corrected chi connectivity index (χ0v) is 7.95. The second-order valence-electron chi connectivity index (χ2n) is 3.82. The van der Waals surface area contributed by atoms with Crippen molar-refractivity contribution < 1.29 is 9.53 Å². The first-order chi connectivity index (χ1) is 6.25. The molecule has 2 heterocycles. The van der Waals surface area contributed by atoms with E-state index in [4.69, 9.17) is 4.74 Å². The summed E-state index contributed by atoms with van der Waals surface area (Å²) >= 11 is 0. The van der Waals surface area contributed by atoms with E-state index in [2.05, 4.69) is 10.2 Å². The monoisotopic (exact) mass is 184 g/mol. The second-order valence-corrected chi connectivity index (χ2v) is 3.82. The van der Waals surface area contributed by atoms with Gasteiger partial charge in [0, 0.05) is 32.6 Å². The van der Waals surface area contributed by atoms with Crippen molar-refractivity contribution in [3.63, 3.8) is 0 Å². The van der Waals surface area contributed by atoms with Crippen molar-refractivity contribution in [3.8, 4) is 0 Å². The predicted molar refractivity (Wildman–Crippen MR) is 48.4 cm³/mol. The highest BCUT2D eigenvalue weighted by Gasteiger charge is 2.38. The first kappa shape index (κ1) is 8.97. The highest BCUT2D eigenvalue weighted by Crippen LogP contribution is 2.26. The minimum Gasteiger partial charge on any atom is -0.375 e. The summed E-state index contributed by atoms with van der Waals surface area (Å²) in [6.07, 6.45) is 1.64. The van der Waals surface area contributed by atoms with Gasteiger partial charge in [0.1, 0.15) is 0 Å². The summed E-state index contributed by atoms with van der Waals surface area (Å²) in [5, 5.41) is 2.81. The van der Waals surface area contributed by atoms with Crippen LogP contribution in [0, 0.1) is 0 Å². The number of nitrogens with one attached hydrogen (secondary N) is 1. The molecule has 2 unspecified atom stereocenters. The van der Waals surface area contributed by atoms with Crippen LogP contribution in [0.15, 0.2) is 0 Å². The average Bonchev–Trinajstić information content (AvgIpc) is 2.64. The number of hydrogen-bond acceptors (Lipinski definition) is 3. The molecule has 1 amide bonds. The lowest BCUT2D eigenvalue weighted by Crippen LogP contribution is -2.41. The molecular formula is C9H16N2O2. The number of ether oxygens (including phenoxy) is 1. The fourth-order valence-electron chi connectivity index (χ4n) is 2.13. The molecule has 0 aliphatic carbocycles. The molecule has 74 valence electrons. The zero-order valence-electron chi connectivity index (χ0n) is 7.95. The largest absolute Gasteiger partial charge is 0.375 e. The van der Waals surface area contributed by atoms with Crippen LogP contribution in [-0.2, 0) is 9.53 Å². The minimum atomic E-state index is 0.0561. The van der Waals surface area contributed by atoms with Gasteiger partial charge in [-0.2, -0.15) is 0 Å². The van der Waals surface area contributed by atoms with Crippen molar-refractivity contribution >= 4 is 5.91 Å². The molecule has 2 aliphatic heterocycles. The Kier molecular flexibility index (Phi) is 2.51. The molecule has 0 aromatic heterocycles. The van der Waals surface area contributed by atoms with Gasteiger partial charge in [-0.05, 0) is 6.42 Å². The van der Waals surface area contributed by atoms with Gasteiger partial charge in [0.25, 0.3) is 0 Å². The minimum absolute atomic E-state index is 0.0561. The third-order valence-electron chi connectivity index (χ3n) is 2.79. The Morgan fingerprint density at radius 1 is 1.69 bits per heavy atom. The summed E-state index contributed by atoms with van der Waals surface area (Å²) in [5.74, 6) is 0.0561. The van der Waals surface area contributed by atoms with E-state index in [1.165, 1.54) is 6.42 Å². The Morgan fingerprint density at radius 2 is 2.54 bits per heavy atom. The van der Waals surface area contributed by atoms with Crippen LogP contribution in [0.1, 0.15) is 13.3 Å². The number of amides is 1. The van der Waals surface area contributed by atoms with E-state index in [1.807, 2.05) is 0 Å². The number of fused-ring (bicyclic) bond motifs is 2. The standard InChI is InChI=1S/C9H16N2O2/c1-7(12)10-2-3-11-5-9-4-8(11)6-13-9/h8-9H,2-6H2,1H3,(H,10,12). The molecule has 2 aliphatic rings. The van der Waals surface area contributed by atoms with Gasteiger partial charge in [-0.25, -0.2) is 0 Å². The molecule has 2 bridgehead atoms. The van der Waals surface area contributed by atoms with E-state index in [0.29, 0.717) is 12.1 Å². The van der Waals surface area contributed by atoms with Crippen molar-refractivity contribution in [2.24, 2.45) is 0 Å². The summed E-state index contributed by atoms with van der Waals surface area (Å²) in [7, 11) is 0. The molecule has 2 atom stereocenters. The molecule has 0 radical (unpaired) electrons. The smallest absolute Gasteiger partial charge is 0.216 e. The Hall–Kier alpha value is -0.610. The van der Waals surface area contributed by atoms with Crippen LogP contribution < -0.4 is 5.32 Å². The summed E-state index contributed by atoms with van der Waals surface area (Å²) in [6, 6.07) is 0.610. The summed E-state index contributed by atoms with van der Waals surface area (Å²) in [5.41, 5.74) is 0. The molecule has 2 fully saturated rings. The van der Waals surface area contributed by atoms with E-state index in [-0.39, 0.29) is 5.91 Å². The number of nitrogens with zero attached hydrogens (tertiary/aromatic N) is 1. The van der Waals surface area contributed by atoms with Crippen LogP contribution in [0.25, 0.3) is 0 Å². The van der Waals surface area contributed by atoms with Crippen LogP contribution >= 0.6 is 0 Å². The maximum absolute atomic E-state index is 10.6. The second kappa shape index (κ2) is 3.64. The van der Waals surface area contributed by atoms with Crippen molar-refractivity contribution in [3.05, 3.63) is 0 Å². The Balaban J connectivity index is 1.68. The Morgan fingerprint density at radius 3 is 3.08 bits per heavy atom. The molecule has 4 heteroatoms. The van der Waals surface area contributed by atoms with Crippen LogP contribution in [-0.4, -0.2) is 49.2 Å². The van der Waals surface area contributed by atoms with Crippen molar-refractivity contribution in [2.75, 3.05) is 26.2 Å². The summed E-state index contributed by atoms with van der Waals surface area (Å²) in [6.45, 7) is 5.21. The van der Waals surface area contributed by atoms with Gasteiger partial charge >= 0.3 is 0 Å². The quantitative estimate of drug-likeness (QED) is 0.648. The molecule has 0 spiro atoms. The highest BCUT2D eigenvalue weighted by atomic mass is 16.5. The predicted octanol–water partition coefficient (Wildman–Crippen LogP) is -0.404. The summed E-state index contributed by atoms with van der Waals surface area (Å²) in [4.78, 5) is 13.0. The lowest BCUT2D eigenvalue weighted by Gasteiger charge is -2.26. The van der Waals surface area contributed by atoms with E-state index in [9.17, 15) is 4.79 Å². The number of rotatable bonds is 3. The molecular weight excluding hydrogens is 168 g/mol. The van der Waals surface area contributed by atoms with Gasteiger partial charge in [0.2, 0.25) is 5.91 Å². The Labute approximate surface area is 78.2 Å². The first-order valence-corrected chi connectivity index (χ1v) is 4.86. The third-order valence-corrected chi connectivity index (χ3v) is 2.79. The van der Waals surface area contributed by atoms with E-state index in [1.54, 1.807) is 6.92 Å². The highest BCUT2D eigenvalue weighted by molar-refractivity contribution is 5.72.